The Morgan fingerprint density at radius 3 is 2.61 bits per heavy atom. The molecule has 1 saturated heterocycles. The van der Waals surface area contributed by atoms with E-state index in [1.807, 2.05) is 12.1 Å². The first kappa shape index (κ1) is 21.2. The lowest BCUT2D eigenvalue weighted by Crippen LogP contribution is -2.44. The lowest BCUT2D eigenvalue weighted by molar-refractivity contribution is -0.141. The van der Waals surface area contributed by atoms with Crippen molar-refractivity contribution in [3.8, 4) is 0 Å². The minimum absolute atomic E-state index is 0.225. The van der Waals surface area contributed by atoms with Crippen molar-refractivity contribution in [2.75, 3.05) is 32.8 Å². The van der Waals surface area contributed by atoms with E-state index in [2.05, 4.69) is 20.2 Å². The van der Waals surface area contributed by atoms with E-state index in [4.69, 9.17) is 4.74 Å². The lowest BCUT2D eigenvalue weighted by atomic mass is 10.0. The summed E-state index contributed by atoms with van der Waals surface area (Å²) in [4.78, 5) is 22.9. The summed E-state index contributed by atoms with van der Waals surface area (Å²) in [6, 6.07) is 11.0. The summed E-state index contributed by atoms with van der Waals surface area (Å²) in [6.07, 6.45) is -1.60. The van der Waals surface area contributed by atoms with Gasteiger partial charge in [0.25, 0.3) is 5.91 Å². The molecule has 2 aromatic heterocycles. The number of carbonyl (C=O) groups is 1. The number of benzene rings is 1. The third-order valence-corrected chi connectivity index (χ3v) is 5.29. The number of fused-ring (bicyclic) bond motifs is 1. The van der Waals surface area contributed by atoms with Crippen molar-refractivity contribution >= 4 is 16.8 Å². The Balaban J connectivity index is 1.55. The molecule has 0 radical (unpaired) electrons. The van der Waals surface area contributed by atoms with Crippen molar-refractivity contribution in [1.29, 1.82) is 0 Å². The number of pyridine rings is 2. The number of alkyl halides is 3. The number of halogens is 3. The molecule has 1 fully saturated rings. The second-order valence-electron chi connectivity index (χ2n) is 7.22. The van der Waals surface area contributed by atoms with Crippen LogP contribution in [0.15, 0.2) is 54.9 Å². The first-order chi connectivity index (χ1) is 14.9. The van der Waals surface area contributed by atoms with E-state index < -0.39 is 11.9 Å². The Bertz CT molecular complexity index is 1050. The molecule has 0 spiro atoms. The van der Waals surface area contributed by atoms with E-state index >= 15 is 0 Å². The second-order valence-corrected chi connectivity index (χ2v) is 7.22. The van der Waals surface area contributed by atoms with Gasteiger partial charge in [-0.15, -0.1) is 0 Å². The molecule has 3 heterocycles. The van der Waals surface area contributed by atoms with E-state index in [0.29, 0.717) is 42.9 Å². The molecule has 1 aliphatic heterocycles. The number of hydrogen-bond donors (Lipinski definition) is 1. The lowest BCUT2D eigenvalue weighted by Gasteiger charge is -2.34. The number of hydrogen-bond acceptors (Lipinski definition) is 5. The molecule has 0 aliphatic carbocycles. The topological polar surface area (TPSA) is 67.4 Å². The Hall–Kier alpha value is -3.04. The highest BCUT2D eigenvalue weighted by Gasteiger charge is 2.33. The van der Waals surface area contributed by atoms with Crippen LogP contribution in [0.2, 0.25) is 0 Å². The predicted molar refractivity (Wildman–Crippen MR) is 108 cm³/mol. The molecule has 0 bridgehead atoms. The zero-order valence-corrected chi connectivity index (χ0v) is 16.6. The maximum Gasteiger partial charge on any atom is 0.433 e. The van der Waals surface area contributed by atoms with Gasteiger partial charge in [-0.25, -0.2) is 0 Å². The largest absolute Gasteiger partial charge is 0.433 e. The molecule has 1 amide bonds. The number of ether oxygens (including phenoxy) is 1. The van der Waals surface area contributed by atoms with Crippen LogP contribution in [-0.2, 0) is 10.9 Å². The van der Waals surface area contributed by atoms with Crippen molar-refractivity contribution in [2.24, 2.45) is 0 Å². The van der Waals surface area contributed by atoms with Crippen LogP contribution >= 0.6 is 0 Å². The molecular formula is C22H21F3N4O2. The van der Waals surface area contributed by atoms with Crippen LogP contribution < -0.4 is 5.32 Å². The highest BCUT2D eigenvalue weighted by atomic mass is 19.4. The maximum absolute atomic E-state index is 12.9. The zero-order chi connectivity index (χ0) is 21.8. The molecule has 3 aromatic rings. The fourth-order valence-corrected chi connectivity index (χ4v) is 3.70. The van der Waals surface area contributed by atoms with Crippen LogP contribution in [0.3, 0.4) is 0 Å². The molecule has 1 atom stereocenters. The fourth-order valence-electron chi connectivity index (χ4n) is 3.70. The van der Waals surface area contributed by atoms with E-state index in [1.54, 1.807) is 24.4 Å². The molecule has 1 unspecified atom stereocenters. The highest BCUT2D eigenvalue weighted by molar-refractivity contribution is 6.06. The monoisotopic (exact) mass is 430 g/mol. The Morgan fingerprint density at radius 1 is 1.10 bits per heavy atom. The minimum Gasteiger partial charge on any atom is -0.379 e. The molecule has 6 nitrogen and oxygen atoms in total. The van der Waals surface area contributed by atoms with Gasteiger partial charge in [-0.2, -0.15) is 13.2 Å². The van der Waals surface area contributed by atoms with Crippen LogP contribution in [0.1, 0.15) is 27.7 Å². The van der Waals surface area contributed by atoms with Gasteiger partial charge < -0.3 is 10.1 Å². The summed E-state index contributed by atoms with van der Waals surface area (Å²) in [7, 11) is 0. The second kappa shape index (κ2) is 8.99. The molecule has 1 aromatic carbocycles. The first-order valence-electron chi connectivity index (χ1n) is 9.90. The van der Waals surface area contributed by atoms with Crippen molar-refractivity contribution in [2.45, 2.75) is 12.2 Å². The van der Waals surface area contributed by atoms with Crippen molar-refractivity contribution in [3.05, 3.63) is 71.7 Å². The zero-order valence-electron chi connectivity index (χ0n) is 16.6. The van der Waals surface area contributed by atoms with E-state index in [-0.39, 0.29) is 18.5 Å². The molecule has 1 N–H and O–H groups in total. The molecule has 162 valence electrons. The summed E-state index contributed by atoms with van der Waals surface area (Å²) in [5.41, 5.74) is 0.878. The van der Waals surface area contributed by atoms with Crippen LogP contribution in [0, 0.1) is 0 Å². The van der Waals surface area contributed by atoms with Crippen molar-refractivity contribution in [1.82, 2.24) is 20.2 Å². The first-order valence-corrected chi connectivity index (χ1v) is 9.90. The van der Waals surface area contributed by atoms with E-state index in [0.717, 1.165) is 11.5 Å². The van der Waals surface area contributed by atoms with E-state index in [1.165, 1.54) is 12.3 Å². The van der Waals surface area contributed by atoms with Gasteiger partial charge >= 0.3 is 6.18 Å². The number of amides is 1. The highest BCUT2D eigenvalue weighted by Crippen LogP contribution is 2.29. The Morgan fingerprint density at radius 2 is 1.90 bits per heavy atom. The maximum atomic E-state index is 12.9. The third-order valence-electron chi connectivity index (χ3n) is 5.29. The fraction of sp³-hybridized carbons (Fsp3) is 0.318. The Kier molecular flexibility index (Phi) is 6.15. The van der Waals surface area contributed by atoms with Gasteiger partial charge in [0.05, 0.1) is 24.8 Å². The van der Waals surface area contributed by atoms with E-state index in [9.17, 15) is 18.0 Å². The minimum atomic E-state index is -4.50. The number of nitrogens with one attached hydrogen (secondary N) is 1. The summed E-state index contributed by atoms with van der Waals surface area (Å²) in [6.45, 7) is 2.49. The molecule has 4 rings (SSSR count). The smallest absolute Gasteiger partial charge is 0.379 e. The number of carbonyl (C=O) groups excluding carboxylic acids is 1. The van der Waals surface area contributed by atoms with Crippen molar-refractivity contribution in [3.63, 3.8) is 0 Å². The standard InChI is InChI=1S/C22H21F3N4O2/c23-22(24,25)20-7-6-15(13-27-20)19(29-9-11-31-12-10-29)14-28-21(30)17-3-1-5-18-16(17)4-2-8-26-18/h1-8,13,19H,9-12,14H2,(H,28,30). The van der Waals surface area contributed by atoms with Gasteiger partial charge in [0.15, 0.2) is 0 Å². The molecule has 31 heavy (non-hydrogen) atoms. The summed E-state index contributed by atoms with van der Waals surface area (Å²) in [5.74, 6) is -0.267. The van der Waals surface area contributed by atoms with Gasteiger partial charge in [0.1, 0.15) is 5.69 Å². The summed E-state index contributed by atoms with van der Waals surface area (Å²) >= 11 is 0. The number of rotatable bonds is 5. The van der Waals surface area contributed by atoms with Gasteiger partial charge in [0.2, 0.25) is 0 Å². The van der Waals surface area contributed by atoms with Crippen LogP contribution in [-0.4, -0.2) is 53.6 Å². The number of aromatic nitrogens is 2. The van der Waals surface area contributed by atoms with Gasteiger partial charge in [0, 0.05) is 43.0 Å². The average molecular weight is 430 g/mol. The van der Waals surface area contributed by atoms with Crippen LogP contribution in [0.5, 0.6) is 0 Å². The SMILES string of the molecule is O=C(NCC(c1ccc(C(F)(F)F)nc1)N1CCOCC1)c1cccc2ncccc12. The molecule has 1 aliphatic rings. The molecule has 9 heteroatoms. The summed E-state index contributed by atoms with van der Waals surface area (Å²) < 4.78 is 44.1. The quantitative estimate of drug-likeness (QED) is 0.672. The van der Waals surface area contributed by atoms with Crippen LogP contribution in [0.25, 0.3) is 10.9 Å². The molecular weight excluding hydrogens is 409 g/mol. The molecule has 0 saturated carbocycles. The number of nitrogens with zero attached hydrogens (tertiary/aromatic N) is 3. The average Bonchev–Trinajstić information content (AvgIpc) is 2.79. The third kappa shape index (κ3) is 4.83. The normalized spacial score (nSPS) is 16.2. The number of morpholine rings is 1. The predicted octanol–water partition coefficient (Wildman–Crippen LogP) is 3.45. The summed E-state index contributed by atoms with van der Waals surface area (Å²) in [5, 5.41) is 3.67. The van der Waals surface area contributed by atoms with Gasteiger partial charge in [-0.3, -0.25) is 19.7 Å². The van der Waals surface area contributed by atoms with Gasteiger partial charge in [-0.05, 0) is 29.8 Å². The van der Waals surface area contributed by atoms with Gasteiger partial charge in [-0.1, -0.05) is 18.2 Å². The Labute approximate surface area is 177 Å². The van der Waals surface area contributed by atoms with Crippen LogP contribution in [0.4, 0.5) is 13.2 Å². The van der Waals surface area contributed by atoms with Crippen molar-refractivity contribution < 1.29 is 22.7 Å².